The van der Waals surface area contributed by atoms with Crippen molar-refractivity contribution in [1.82, 2.24) is 29.8 Å². The molecule has 1 saturated heterocycles. The smallest absolute Gasteiger partial charge is 0.223 e. The molecule has 6 rings (SSSR count). The molecule has 7 heteroatoms. The van der Waals surface area contributed by atoms with Crippen LogP contribution in [0.3, 0.4) is 0 Å². The van der Waals surface area contributed by atoms with Gasteiger partial charge in [0.05, 0.1) is 11.4 Å². The van der Waals surface area contributed by atoms with Crippen molar-refractivity contribution in [2.45, 2.75) is 26.3 Å². The fourth-order valence-electron chi connectivity index (χ4n) is 5.41. The van der Waals surface area contributed by atoms with Crippen LogP contribution in [0, 0.1) is 12.8 Å². The summed E-state index contributed by atoms with van der Waals surface area (Å²) in [6.07, 6.45) is 5.38. The van der Waals surface area contributed by atoms with Crippen molar-refractivity contribution >= 4 is 22.6 Å². The summed E-state index contributed by atoms with van der Waals surface area (Å²) >= 11 is 0. The van der Waals surface area contributed by atoms with Crippen LogP contribution >= 0.6 is 0 Å². The Bertz CT molecular complexity index is 1630. The standard InChI is InChI=1S/C32H32N6O/c1-3-15-33-32(39)26-13-16-37(17-14-26)21-23-9-11-25(12-10-23)30-28(24-7-5-4-6-8-24)19-27-20-34-29-18-22(2)36-38(29)31(27)35-30/h3-12,18-20,26H,1,13-17,21H2,2H3,(H,33,39). The molecule has 7 nitrogen and oxygen atoms in total. The number of amides is 1. The van der Waals surface area contributed by atoms with Crippen molar-refractivity contribution in [3.05, 3.63) is 96.8 Å². The molecule has 0 atom stereocenters. The van der Waals surface area contributed by atoms with E-state index < -0.39 is 0 Å². The summed E-state index contributed by atoms with van der Waals surface area (Å²) in [5.74, 6) is 0.244. The summed E-state index contributed by atoms with van der Waals surface area (Å²) in [7, 11) is 0. The molecule has 1 aliphatic rings. The van der Waals surface area contributed by atoms with Gasteiger partial charge in [0, 0.05) is 47.8 Å². The topological polar surface area (TPSA) is 75.4 Å². The summed E-state index contributed by atoms with van der Waals surface area (Å²) in [4.78, 5) is 24.5. The van der Waals surface area contributed by atoms with E-state index in [1.807, 2.05) is 29.8 Å². The zero-order chi connectivity index (χ0) is 26.8. The Morgan fingerprint density at radius 3 is 2.56 bits per heavy atom. The number of hydrogen-bond donors (Lipinski definition) is 1. The lowest BCUT2D eigenvalue weighted by Gasteiger charge is -2.31. The highest BCUT2D eigenvalue weighted by Crippen LogP contribution is 2.33. The van der Waals surface area contributed by atoms with Gasteiger partial charge in [0.2, 0.25) is 5.91 Å². The second-order valence-electron chi connectivity index (χ2n) is 10.3. The van der Waals surface area contributed by atoms with Crippen LogP contribution in [0.2, 0.25) is 0 Å². The van der Waals surface area contributed by atoms with Crippen molar-refractivity contribution in [2.24, 2.45) is 5.92 Å². The first kappa shape index (κ1) is 24.9. The summed E-state index contributed by atoms with van der Waals surface area (Å²) in [5.41, 5.74) is 7.93. The molecule has 1 aliphatic heterocycles. The number of fused-ring (bicyclic) bond motifs is 3. The molecule has 196 valence electrons. The van der Waals surface area contributed by atoms with E-state index in [1.165, 1.54) is 5.56 Å². The maximum absolute atomic E-state index is 12.3. The van der Waals surface area contributed by atoms with E-state index in [1.54, 1.807) is 6.08 Å². The number of pyridine rings is 1. The quantitative estimate of drug-likeness (QED) is 0.292. The second-order valence-corrected chi connectivity index (χ2v) is 10.3. The third kappa shape index (κ3) is 5.18. The minimum absolute atomic E-state index is 0.0965. The van der Waals surface area contributed by atoms with E-state index in [-0.39, 0.29) is 11.8 Å². The first-order chi connectivity index (χ1) is 19.1. The molecule has 1 fully saturated rings. The Labute approximate surface area is 228 Å². The summed E-state index contributed by atoms with van der Waals surface area (Å²) in [6, 6.07) is 23.2. The first-order valence-electron chi connectivity index (χ1n) is 13.5. The van der Waals surface area contributed by atoms with Crippen LogP contribution < -0.4 is 5.32 Å². The highest BCUT2D eigenvalue weighted by Gasteiger charge is 2.24. The fourth-order valence-corrected chi connectivity index (χ4v) is 5.41. The molecule has 0 unspecified atom stereocenters. The van der Waals surface area contributed by atoms with Crippen LogP contribution in [0.25, 0.3) is 39.1 Å². The molecule has 2 aromatic carbocycles. The van der Waals surface area contributed by atoms with E-state index in [4.69, 9.17) is 4.98 Å². The van der Waals surface area contributed by atoms with E-state index in [2.05, 4.69) is 81.5 Å². The summed E-state index contributed by atoms with van der Waals surface area (Å²) < 4.78 is 1.83. The average Bonchev–Trinajstić information content (AvgIpc) is 3.37. The number of hydrogen-bond acceptors (Lipinski definition) is 5. The molecule has 39 heavy (non-hydrogen) atoms. The Kier molecular flexibility index (Phi) is 6.90. The van der Waals surface area contributed by atoms with Crippen LogP contribution in [-0.4, -0.2) is 50.0 Å². The third-order valence-electron chi connectivity index (χ3n) is 7.48. The van der Waals surface area contributed by atoms with Gasteiger partial charge in [0.25, 0.3) is 0 Å². The number of aryl methyl sites for hydroxylation is 1. The Morgan fingerprint density at radius 2 is 1.82 bits per heavy atom. The number of piperidine rings is 1. The van der Waals surface area contributed by atoms with Crippen LogP contribution in [-0.2, 0) is 11.3 Å². The van der Waals surface area contributed by atoms with Gasteiger partial charge in [-0.1, -0.05) is 60.7 Å². The van der Waals surface area contributed by atoms with Gasteiger partial charge in [-0.25, -0.2) is 9.97 Å². The Hall–Kier alpha value is -4.36. The Morgan fingerprint density at radius 1 is 1.05 bits per heavy atom. The lowest BCUT2D eigenvalue weighted by Crippen LogP contribution is -2.40. The number of carbonyl (C=O) groups is 1. The van der Waals surface area contributed by atoms with E-state index in [0.717, 1.165) is 77.2 Å². The van der Waals surface area contributed by atoms with Crippen molar-refractivity contribution in [3.63, 3.8) is 0 Å². The van der Waals surface area contributed by atoms with Crippen molar-refractivity contribution in [3.8, 4) is 22.4 Å². The SMILES string of the molecule is C=CCNC(=O)C1CCN(Cc2ccc(-c3nc4c(cnc5cc(C)nn54)cc3-c3ccccc3)cc2)CC1. The van der Waals surface area contributed by atoms with Crippen molar-refractivity contribution in [1.29, 1.82) is 0 Å². The number of likely N-dealkylation sites (tertiary alicyclic amines) is 1. The van der Waals surface area contributed by atoms with E-state index in [0.29, 0.717) is 6.54 Å². The highest BCUT2D eigenvalue weighted by atomic mass is 16.1. The molecule has 0 aliphatic carbocycles. The van der Waals surface area contributed by atoms with Gasteiger partial charge in [-0.15, -0.1) is 6.58 Å². The van der Waals surface area contributed by atoms with Gasteiger partial charge in [0.1, 0.15) is 0 Å². The summed E-state index contributed by atoms with van der Waals surface area (Å²) in [5, 5.41) is 8.53. The molecule has 0 radical (unpaired) electrons. The van der Waals surface area contributed by atoms with Crippen LogP contribution in [0.4, 0.5) is 0 Å². The zero-order valence-electron chi connectivity index (χ0n) is 22.2. The number of rotatable bonds is 7. The molecular formula is C32H32N6O. The predicted molar refractivity (Wildman–Crippen MR) is 155 cm³/mol. The normalized spacial score (nSPS) is 14.6. The maximum atomic E-state index is 12.3. The summed E-state index contributed by atoms with van der Waals surface area (Å²) in [6.45, 7) is 8.90. The number of aromatic nitrogens is 4. The number of benzene rings is 2. The van der Waals surface area contributed by atoms with Gasteiger partial charge >= 0.3 is 0 Å². The van der Waals surface area contributed by atoms with Crippen LogP contribution in [0.5, 0.6) is 0 Å². The second kappa shape index (κ2) is 10.8. The largest absolute Gasteiger partial charge is 0.352 e. The lowest BCUT2D eigenvalue weighted by molar-refractivity contribution is -0.126. The monoisotopic (exact) mass is 516 g/mol. The number of nitrogens with one attached hydrogen (secondary N) is 1. The van der Waals surface area contributed by atoms with Gasteiger partial charge in [0.15, 0.2) is 11.3 Å². The van der Waals surface area contributed by atoms with Gasteiger partial charge in [-0.3, -0.25) is 9.69 Å². The zero-order valence-corrected chi connectivity index (χ0v) is 22.2. The third-order valence-corrected chi connectivity index (χ3v) is 7.48. The molecule has 1 amide bonds. The molecule has 0 saturated carbocycles. The molecule has 3 aromatic heterocycles. The van der Waals surface area contributed by atoms with E-state index >= 15 is 0 Å². The molecular weight excluding hydrogens is 484 g/mol. The lowest BCUT2D eigenvalue weighted by atomic mass is 9.95. The van der Waals surface area contributed by atoms with Crippen molar-refractivity contribution in [2.75, 3.05) is 19.6 Å². The fraction of sp³-hybridized carbons (Fsp3) is 0.250. The van der Waals surface area contributed by atoms with E-state index in [9.17, 15) is 4.79 Å². The van der Waals surface area contributed by atoms with Gasteiger partial charge < -0.3 is 5.32 Å². The van der Waals surface area contributed by atoms with Crippen LogP contribution in [0.15, 0.2) is 85.6 Å². The minimum Gasteiger partial charge on any atom is -0.352 e. The highest BCUT2D eigenvalue weighted by molar-refractivity contribution is 5.90. The van der Waals surface area contributed by atoms with Gasteiger partial charge in [-0.05, 0) is 50.0 Å². The molecule has 0 bridgehead atoms. The molecule has 4 heterocycles. The number of carbonyl (C=O) groups excluding carboxylic acids is 1. The van der Waals surface area contributed by atoms with Gasteiger partial charge in [-0.2, -0.15) is 9.61 Å². The average molecular weight is 517 g/mol. The Balaban J connectivity index is 1.27. The molecule has 1 N–H and O–H groups in total. The minimum atomic E-state index is 0.0965. The number of nitrogens with zero attached hydrogens (tertiary/aromatic N) is 5. The predicted octanol–water partition coefficient (Wildman–Crippen LogP) is 5.43. The maximum Gasteiger partial charge on any atom is 0.223 e. The van der Waals surface area contributed by atoms with Crippen molar-refractivity contribution < 1.29 is 4.79 Å². The van der Waals surface area contributed by atoms with Crippen LogP contribution in [0.1, 0.15) is 24.1 Å². The molecule has 5 aromatic rings. The first-order valence-corrected chi connectivity index (χ1v) is 13.5. The molecule has 0 spiro atoms.